The van der Waals surface area contributed by atoms with Crippen molar-refractivity contribution >= 4 is 11.6 Å². The molecular formula is C18H25F3N2O. The van der Waals surface area contributed by atoms with E-state index in [-0.39, 0.29) is 11.7 Å². The van der Waals surface area contributed by atoms with Crippen LogP contribution in [0, 0.1) is 11.8 Å². The molecule has 1 amide bonds. The first-order valence-corrected chi connectivity index (χ1v) is 8.43. The fourth-order valence-electron chi connectivity index (χ4n) is 3.29. The molecule has 4 unspecified atom stereocenters. The summed E-state index contributed by atoms with van der Waals surface area (Å²) in [6.07, 6.45) is -1.22. The first-order valence-electron chi connectivity index (χ1n) is 8.43. The van der Waals surface area contributed by atoms with Crippen LogP contribution >= 0.6 is 0 Å². The zero-order valence-electron chi connectivity index (χ0n) is 14.3. The van der Waals surface area contributed by atoms with E-state index in [2.05, 4.69) is 24.5 Å². The molecule has 0 heterocycles. The van der Waals surface area contributed by atoms with Crippen LogP contribution in [0.1, 0.15) is 45.6 Å². The van der Waals surface area contributed by atoms with Crippen molar-refractivity contribution in [2.45, 2.75) is 58.3 Å². The Balaban J connectivity index is 2.02. The third kappa shape index (κ3) is 4.50. The molecule has 6 heteroatoms. The van der Waals surface area contributed by atoms with Crippen molar-refractivity contribution in [1.82, 2.24) is 5.32 Å². The Bertz CT molecular complexity index is 574. The predicted octanol–water partition coefficient (Wildman–Crippen LogP) is 4.45. The van der Waals surface area contributed by atoms with E-state index >= 15 is 0 Å². The standard InChI is InChI=1S/C18H25F3N2O/c1-11-7-6-10-15(12(11)2)22-13(3)17(24)23-16-9-5-4-8-14(16)18(19,20)21/h4-5,8-9,11-13,15,22H,6-7,10H2,1-3H3,(H,23,24). The van der Waals surface area contributed by atoms with Gasteiger partial charge in [-0.3, -0.25) is 4.79 Å². The van der Waals surface area contributed by atoms with Crippen LogP contribution in [0.15, 0.2) is 24.3 Å². The second-order valence-electron chi connectivity index (χ2n) is 6.79. The number of hydrogen-bond acceptors (Lipinski definition) is 2. The molecule has 2 N–H and O–H groups in total. The number of alkyl halides is 3. The Kier molecular flexibility index (Phi) is 5.91. The fourth-order valence-corrected chi connectivity index (χ4v) is 3.29. The van der Waals surface area contributed by atoms with E-state index in [1.54, 1.807) is 6.92 Å². The van der Waals surface area contributed by atoms with Crippen molar-refractivity contribution in [3.63, 3.8) is 0 Å². The lowest BCUT2D eigenvalue weighted by Gasteiger charge is -2.36. The summed E-state index contributed by atoms with van der Waals surface area (Å²) < 4.78 is 39.0. The number of para-hydroxylation sites is 1. The number of amides is 1. The molecule has 1 aromatic rings. The first kappa shape index (κ1) is 18.8. The summed E-state index contributed by atoms with van der Waals surface area (Å²) in [5.74, 6) is 0.575. The number of nitrogens with one attached hydrogen (secondary N) is 2. The SMILES string of the molecule is CC(NC1CCCC(C)C1C)C(=O)Nc1ccccc1C(F)(F)F. The molecule has 1 aliphatic rings. The maximum absolute atomic E-state index is 13.0. The van der Waals surface area contributed by atoms with E-state index in [9.17, 15) is 18.0 Å². The summed E-state index contributed by atoms with van der Waals surface area (Å²) in [6.45, 7) is 6.05. The lowest BCUT2D eigenvalue weighted by atomic mass is 9.78. The zero-order valence-corrected chi connectivity index (χ0v) is 14.3. The van der Waals surface area contributed by atoms with Crippen LogP contribution in [0.2, 0.25) is 0 Å². The van der Waals surface area contributed by atoms with Crippen molar-refractivity contribution in [2.24, 2.45) is 11.8 Å². The van der Waals surface area contributed by atoms with Crippen molar-refractivity contribution in [3.8, 4) is 0 Å². The summed E-state index contributed by atoms with van der Waals surface area (Å²) >= 11 is 0. The van der Waals surface area contributed by atoms with Gasteiger partial charge in [0.25, 0.3) is 0 Å². The lowest BCUT2D eigenvalue weighted by molar-refractivity contribution is -0.137. The summed E-state index contributed by atoms with van der Waals surface area (Å²) in [4.78, 5) is 12.3. The van der Waals surface area contributed by atoms with Gasteiger partial charge in [-0.1, -0.05) is 38.8 Å². The fraction of sp³-hybridized carbons (Fsp3) is 0.611. The topological polar surface area (TPSA) is 41.1 Å². The minimum atomic E-state index is -4.49. The molecule has 0 saturated heterocycles. The van der Waals surface area contributed by atoms with Crippen LogP contribution in [0.3, 0.4) is 0 Å². The van der Waals surface area contributed by atoms with Crippen LogP contribution in [-0.4, -0.2) is 18.0 Å². The van der Waals surface area contributed by atoms with E-state index < -0.39 is 23.7 Å². The molecule has 134 valence electrons. The molecule has 0 spiro atoms. The third-order valence-corrected chi connectivity index (χ3v) is 5.05. The molecule has 4 atom stereocenters. The Morgan fingerprint density at radius 1 is 1.21 bits per heavy atom. The van der Waals surface area contributed by atoms with Gasteiger partial charge in [-0.25, -0.2) is 0 Å². The van der Waals surface area contributed by atoms with E-state index in [0.717, 1.165) is 18.9 Å². The number of carbonyl (C=O) groups excluding carboxylic acids is 1. The Morgan fingerprint density at radius 2 is 1.88 bits per heavy atom. The van der Waals surface area contributed by atoms with Crippen molar-refractivity contribution < 1.29 is 18.0 Å². The highest BCUT2D eigenvalue weighted by Gasteiger charge is 2.34. The lowest BCUT2D eigenvalue weighted by Crippen LogP contribution is -2.49. The number of halogens is 3. The number of anilines is 1. The van der Waals surface area contributed by atoms with Crippen LogP contribution in [0.25, 0.3) is 0 Å². The number of carbonyl (C=O) groups is 1. The molecule has 2 rings (SSSR count). The zero-order chi connectivity index (χ0) is 17.9. The highest BCUT2D eigenvalue weighted by Crippen LogP contribution is 2.34. The van der Waals surface area contributed by atoms with E-state index in [1.807, 2.05) is 0 Å². The minimum Gasteiger partial charge on any atom is -0.324 e. The molecule has 1 aliphatic carbocycles. The van der Waals surface area contributed by atoms with Gasteiger partial charge in [0.15, 0.2) is 0 Å². The van der Waals surface area contributed by atoms with E-state index in [4.69, 9.17) is 0 Å². The van der Waals surface area contributed by atoms with Gasteiger partial charge in [-0.05, 0) is 37.3 Å². The minimum absolute atomic E-state index is 0.200. The Hall–Kier alpha value is -1.56. The van der Waals surface area contributed by atoms with Crippen molar-refractivity contribution in [1.29, 1.82) is 0 Å². The van der Waals surface area contributed by atoms with Gasteiger partial charge in [0.2, 0.25) is 5.91 Å². The molecule has 1 aromatic carbocycles. The number of hydrogen-bond donors (Lipinski definition) is 2. The van der Waals surface area contributed by atoms with Crippen molar-refractivity contribution in [3.05, 3.63) is 29.8 Å². The summed E-state index contributed by atoms with van der Waals surface area (Å²) in [5, 5.41) is 5.69. The normalized spacial score (nSPS) is 26.0. The van der Waals surface area contributed by atoms with Crippen molar-refractivity contribution in [2.75, 3.05) is 5.32 Å². The van der Waals surface area contributed by atoms with E-state index in [0.29, 0.717) is 11.8 Å². The summed E-state index contributed by atoms with van der Waals surface area (Å²) in [7, 11) is 0. The maximum atomic E-state index is 13.0. The Labute approximate surface area is 141 Å². The van der Waals surface area contributed by atoms with Crippen LogP contribution < -0.4 is 10.6 Å². The Morgan fingerprint density at radius 3 is 2.54 bits per heavy atom. The van der Waals surface area contributed by atoms with Gasteiger partial charge in [-0.15, -0.1) is 0 Å². The van der Waals surface area contributed by atoms with Gasteiger partial charge in [0, 0.05) is 6.04 Å². The summed E-state index contributed by atoms with van der Waals surface area (Å²) in [5.41, 5.74) is -1.03. The largest absolute Gasteiger partial charge is 0.418 e. The van der Waals surface area contributed by atoms with Crippen LogP contribution in [0.5, 0.6) is 0 Å². The highest BCUT2D eigenvalue weighted by atomic mass is 19.4. The molecule has 0 aliphatic heterocycles. The van der Waals surface area contributed by atoms with Crippen LogP contribution in [-0.2, 0) is 11.0 Å². The van der Waals surface area contributed by atoms with Crippen LogP contribution in [0.4, 0.5) is 18.9 Å². The molecular weight excluding hydrogens is 317 g/mol. The highest BCUT2D eigenvalue weighted by molar-refractivity contribution is 5.95. The molecule has 1 fully saturated rings. The van der Waals surface area contributed by atoms with Gasteiger partial charge >= 0.3 is 6.18 Å². The monoisotopic (exact) mass is 342 g/mol. The van der Waals surface area contributed by atoms with Gasteiger partial charge in [0.05, 0.1) is 17.3 Å². The summed E-state index contributed by atoms with van der Waals surface area (Å²) in [6, 6.07) is 4.70. The molecule has 0 radical (unpaired) electrons. The number of rotatable bonds is 4. The smallest absolute Gasteiger partial charge is 0.324 e. The first-order chi connectivity index (χ1) is 11.2. The maximum Gasteiger partial charge on any atom is 0.418 e. The quantitative estimate of drug-likeness (QED) is 0.849. The third-order valence-electron chi connectivity index (χ3n) is 5.05. The molecule has 0 aromatic heterocycles. The average molecular weight is 342 g/mol. The molecule has 1 saturated carbocycles. The molecule has 24 heavy (non-hydrogen) atoms. The second kappa shape index (κ2) is 7.55. The predicted molar refractivity (Wildman–Crippen MR) is 88.6 cm³/mol. The van der Waals surface area contributed by atoms with Gasteiger partial charge in [0.1, 0.15) is 0 Å². The molecule has 0 bridgehead atoms. The van der Waals surface area contributed by atoms with E-state index in [1.165, 1.54) is 24.6 Å². The van der Waals surface area contributed by atoms with Gasteiger partial charge in [-0.2, -0.15) is 13.2 Å². The average Bonchev–Trinajstić information content (AvgIpc) is 2.51. The number of benzene rings is 1. The van der Waals surface area contributed by atoms with Gasteiger partial charge < -0.3 is 10.6 Å². The molecule has 3 nitrogen and oxygen atoms in total. The second-order valence-corrected chi connectivity index (χ2v) is 6.79.